The number of rotatable bonds is 5. The second-order valence-corrected chi connectivity index (χ2v) is 3.89. The molecule has 0 aromatic rings. The van der Waals surface area contributed by atoms with E-state index in [1.807, 2.05) is 0 Å². The standard InChI is InChI=1S/C10H22N2/c1-4-9(5-2)8(3)12-10-6-11-7-10/h8-12H,4-7H2,1-3H3. The van der Waals surface area contributed by atoms with E-state index in [0.717, 1.165) is 25.0 Å². The van der Waals surface area contributed by atoms with E-state index < -0.39 is 0 Å². The van der Waals surface area contributed by atoms with Gasteiger partial charge < -0.3 is 10.6 Å². The Morgan fingerprint density at radius 1 is 1.33 bits per heavy atom. The molecule has 1 rings (SSSR count). The first kappa shape index (κ1) is 10.0. The van der Waals surface area contributed by atoms with Crippen LogP contribution < -0.4 is 10.6 Å². The molecule has 0 amide bonds. The average Bonchev–Trinajstić information content (AvgIpc) is 1.99. The average molecular weight is 170 g/mol. The van der Waals surface area contributed by atoms with Crippen molar-refractivity contribution in [3.8, 4) is 0 Å². The smallest absolute Gasteiger partial charge is 0.0319 e. The van der Waals surface area contributed by atoms with Crippen LogP contribution in [0.5, 0.6) is 0 Å². The molecule has 2 nitrogen and oxygen atoms in total. The number of hydrogen-bond donors (Lipinski definition) is 2. The van der Waals surface area contributed by atoms with Crippen LogP contribution in [0.25, 0.3) is 0 Å². The van der Waals surface area contributed by atoms with Crippen molar-refractivity contribution in [2.75, 3.05) is 13.1 Å². The minimum atomic E-state index is 0.687. The van der Waals surface area contributed by atoms with Crippen LogP contribution in [0.2, 0.25) is 0 Å². The summed E-state index contributed by atoms with van der Waals surface area (Å²) in [5, 5.41) is 6.93. The minimum Gasteiger partial charge on any atom is -0.314 e. The fourth-order valence-electron chi connectivity index (χ4n) is 1.91. The molecular weight excluding hydrogens is 148 g/mol. The second kappa shape index (κ2) is 4.83. The Balaban J connectivity index is 2.19. The van der Waals surface area contributed by atoms with E-state index in [0.29, 0.717) is 6.04 Å². The van der Waals surface area contributed by atoms with Crippen molar-refractivity contribution in [2.45, 2.75) is 45.7 Å². The summed E-state index contributed by atoms with van der Waals surface area (Å²) in [7, 11) is 0. The molecule has 0 aromatic heterocycles. The first-order valence-corrected chi connectivity index (χ1v) is 5.24. The highest BCUT2D eigenvalue weighted by atomic mass is 15.1. The molecule has 1 heterocycles. The van der Waals surface area contributed by atoms with E-state index in [1.165, 1.54) is 12.8 Å². The van der Waals surface area contributed by atoms with Gasteiger partial charge in [-0.05, 0) is 12.8 Å². The molecule has 1 atom stereocenters. The van der Waals surface area contributed by atoms with Gasteiger partial charge in [0.05, 0.1) is 0 Å². The molecule has 1 saturated heterocycles. The molecule has 1 aliphatic rings. The fourth-order valence-corrected chi connectivity index (χ4v) is 1.91. The van der Waals surface area contributed by atoms with Gasteiger partial charge in [-0.25, -0.2) is 0 Å². The summed E-state index contributed by atoms with van der Waals surface area (Å²) < 4.78 is 0. The van der Waals surface area contributed by atoms with E-state index in [2.05, 4.69) is 31.4 Å². The maximum Gasteiger partial charge on any atom is 0.0319 e. The second-order valence-electron chi connectivity index (χ2n) is 3.89. The first-order chi connectivity index (χ1) is 5.77. The SMILES string of the molecule is CCC(CC)C(C)NC1CNC1. The zero-order chi connectivity index (χ0) is 8.97. The lowest BCUT2D eigenvalue weighted by Gasteiger charge is -2.34. The maximum atomic E-state index is 3.66. The van der Waals surface area contributed by atoms with Gasteiger partial charge in [0, 0.05) is 25.2 Å². The van der Waals surface area contributed by atoms with Crippen LogP contribution in [0.4, 0.5) is 0 Å². The van der Waals surface area contributed by atoms with Crippen LogP contribution in [0.1, 0.15) is 33.6 Å². The van der Waals surface area contributed by atoms with Crippen molar-refractivity contribution in [1.29, 1.82) is 0 Å². The summed E-state index contributed by atoms with van der Waals surface area (Å²) in [6.07, 6.45) is 2.59. The van der Waals surface area contributed by atoms with Gasteiger partial charge in [-0.1, -0.05) is 26.7 Å². The zero-order valence-corrected chi connectivity index (χ0v) is 8.56. The van der Waals surface area contributed by atoms with Gasteiger partial charge in [-0.2, -0.15) is 0 Å². The van der Waals surface area contributed by atoms with Crippen molar-refractivity contribution in [3.63, 3.8) is 0 Å². The Morgan fingerprint density at radius 2 is 1.92 bits per heavy atom. The third kappa shape index (κ3) is 2.46. The van der Waals surface area contributed by atoms with Crippen molar-refractivity contribution in [1.82, 2.24) is 10.6 Å². The molecule has 0 radical (unpaired) electrons. The molecular formula is C10H22N2. The van der Waals surface area contributed by atoms with E-state index in [1.54, 1.807) is 0 Å². The largest absolute Gasteiger partial charge is 0.314 e. The van der Waals surface area contributed by atoms with Crippen molar-refractivity contribution in [3.05, 3.63) is 0 Å². The Kier molecular flexibility index (Phi) is 4.02. The van der Waals surface area contributed by atoms with E-state index in [9.17, 15) is 0 Å². The number of nitrogens with one attached hydrogen (secondary N) is 2. The molecule has 72 valence electrons. The molecule has 0 saturated carbocycles. The summed E-state index contributed by atoms with van der Waals surface area (Å²) in [5.74, 6) is 0.852. The Labute approximate surface area is 76.1 Å². The quantitative estimate of drug-likeness (QED) is 0.651. The van der Waals surface area contributed by atoms with Crippen molar-refractivity contribution >= 4 is 0 Å². The van der Waals surface area contributed by atoms with Crippen LogP contribution in [0.15, 0.2) is 0 Å². The molecule has 1 unspecified atom stereocenters. The summed E-state index contributed by atoms with van der Waals surface area (Å²) in [6.45, 7) is 9.20. The highest BCUT2D eigenvalue weighted by molar-refractivity contribution is 4.85. The lowest BCUT2D eigenvalue weighted by atomic mass is 9.94. The highest BCUT2D eigenvalue weighted by Crippen LogP contribution is 2.13. The van der Waals surface area contributed by atoms with Crippen LogP contribution in [0.3, 0.4) is 0 Å². The molecule has 2 heteroatoms. The van der Waals surface area contributed by atoms with Gasteiger partial charge >= 0.3 is 0 Å². The molecule has 0 aromatic carbocycles. The Morgan fingerprint density at radius 3 is 2.25 bits per heavy atom. The van der Waals surface area contributed by atoms with Crippen LogP contribution >= 0.6 is 0 Å². The minimum absolute atomic E-state index is 0.687. The lowest BCUT2D eigenvalue weighted by Crippen LogP contribution is -2.58. The molecule has 2 N–H and O–H groups in total. The topological polar surface area (TPSA) is 24.1 Å². The monoisotopic (exact) mass is 170 g/mol. The molecule has 0 spiro atoms. The molecule has 0 aliphatic carbocycles. The van der Waals surface area contributed by atoms with Crippen LogP contribution in [-0.4, -0.2) is 25.2 Å². The first-order valence-electron chi connectivity index (χ1n) is 5.24. The van der Waals surface area contributed by atoms with Gasteiger partial charge in [-0.15, -0.1) is 0 Å². The molecule has 12 heavy (non-hydrogen) atoms. The molecule has 1 aliphatic heterocycles. The van der Waals surface area contributed by atoms with Gasteiger partial charge in [0.25, 0.3) is 0 Å². The number of hydrogen-bond acceptors (Lipinski definition) is 2. The van der Waals surface area contributed by atoms with Crippen LogP contribution in [0, 0.1) is 5.92 Å². The summed E-state index contributed by atoms with van der Waals surface area (Å²) in [5.41, 5.74) is 0. The van der Waals surface area contributed by atoms with E-state index in [4.69, 9.17) is 0 Å². The van der Waals surface area contributed by atoms with Gasteiger partial charge in [-0.3, -0.25) is 0 Å². The summed E-state index contributed by atoms with van der Waals surface area (Å²) in [4.78, 5) is 0. The summed E-state index contributed by atoms with van der Waals surface area (Å²) >= 11 is 0. The fraction of sp³-hybridized carbons (Fsp3) is 1.00. The van der Waals surface area contributed by atoms with Gasteiger partial charge in [0.2, 0.25) is 0 Å². The van der Waals surface area contributed by atoms with E-state index >= 15 is 0 Å². The van der Waals surface area contributed by atoms with Crippen molar-refractivity contribution < 1.29 is 0 Å². The normalized spacial score (nSPS) is 21.0. The third-order valence-electron chi connectivity index (χ3n) is 3.04. The Bertz CT molecular complexity index is 117. The summed E-state index contributed by atoms with van der Waals surface area (Å²) in [6, 6.07) is 1.42. The van der Waals surface area contributed by atoms with Crippen LogP contribution in [-0.2, 0) is 0 Å². The molecule has 0 bridgehead atoms. The zero-order valence-electron chi connectivity index (χ0n) is 8.56. The maximum absolute atomic E-state index is 3.66. The molecule has 1 fully saturated rings. The lowest BCUT2D eigenvalue weighted by molar-refractivity contribution is 0.274. The van der Waals surface area contributed by atoms with Gasteiger partial charge in [0.1, 0.15) is 0 Å². The highest BCUT2D eigenvalue weighted by Gasteiger charge is 2.21. The predicted octanol–water partition coefficient (Wildman–Crippen LogP) is 1.37. The van der Waals surface area contributed by atoms with E-state index in [-0.39, 0.29) is 0 Å². The predicted molar refractivity (Wildman–Crippen MR) is 53.3 cm³/mol. The third-order valence-corrected chi connectivity index (χ3v) is 3.04. The van der Waals surface area contributed by atoms with Gasteiger partial charge in [0.15, 0.2) is 0 Å². The van der Waals surface area contributed by atoms with Crippen molar-refractivity contribution in [2.24, 2.45) is 5.92 Å². The Hall–Kier alpha value is -0.0800.